The molecule has 0 radical (unpaired) electrons. The van der Waals surface area contributed by atoms with E-state index in [1.165, 1.54) is 0 Å². The minimum absolute atomic E-state index is 0.0131. The summed E-state index contributed by atoms with van der Waals surface area (Å²) in [6.45, 7) is 4.35. The van der Waals surface area contributed by atoms with Crippen molar-refractivity contribution in [3.8, 4) is 0 Å². The molecule has 0 aromatic heterocycles. The van der Waals surface area contributed by atoms with Crippen LogP contribution in [0.1, 0.15) is 38.2 Å². The first-order chi connectivity index (χ1) is 7.59. The van der Waals surface area contributed by atoms with Gasteiger partial charge in [0, 0.05) is 0 Å². The van der Waals surface area contributed by atoms with Crippen LogP contribution in [0.5, 0.6) is 0 Å². The van der Waals surface area contributed by atoms with Crippen molar-refractivity contribution < 1.29 is 4.79 Å². The molecule has 1 aliphatic heterocycles. The van der Waals surface area contributed by atoms with E-state index in [1.54, 1.807) is 0 Å². The first-order valence-electron chi connectivity index (χ1n) is 5.79. The summed E-state index contributed by atoms with van der Waals surface area (Å²) in [7, 11) is 0. The van der Waals surface area contributed by atoms with Gasteiger partial charge in [0.05, 0.1) is 17.3 Å². The monoisotopic (exact) mass is 218 g/mol. The van der Waals surface area contributed by atoms with Crippen LogP contribution in [0.15, 0.2) is 18.2 Å². The fourth-order valence-electron chi connectivity index (χ4n) is 2.16. The Kier molecular flexibility index (Phi) is 2.86. The Morgan fingerprint density at radius 3 is 2.88 bits per heavy atom. The van der Waals surface area contributed by atoms with E-state index in [9.17, 15) is 4.79 Å². The van der Waals surface area contributed by atoms with Crippen molar-refractivity contribution in [1.29, 1.82) is 0 Å². The summed E-state index contributed by atoms with van der Waals surface area (Å²) >= 11 is 0. The molecule has 0 fully saturated rings. The van der Waals surface area contributed by atoms with E-state index < -0.39 is 0 Å². The molecular weight excluding hydrogens is 200 g/mol. The molecule has 0 saturated carbocycles. The normalized spacial score (nSPS) is 18.7. The lowest BCUT2D eigenvalue weighted by Gasteiger charge is -2.10. The van der Waals surface area contributed by atoms with Gasteiger partial charge in [-0.3, -0.25) is 4.79 Å². The second-order valence-electron chi connectivity index (χ2n) is 4.82. The van der Waals surface area contributed by atoms with Crippen LogP contribution in [-0.4, -0.2) is 5.91 Å². The number of hydrogen-bond acceptors (Lipinski definition) is 2. The predicted molar refractivity (Wildman–Crippen MR) is 66.3 cm³/mol. The van der Waals surface area contributed by atoms with Gasteiger partial charge in [0.15, 0.2) is 0 Å². The number of nitrogens with one attached hydrogen (secondary N) is 1. The van der Waals surface area contributed by atoms with E-state index in [-0.39, 0.29) is 11.8 Å². The molecule has 1 amide bonds. The molecule has 0 saturated heterocycles. The molecule has 1 aliphatic rings. The van der Waals surface area contributed by atoms with Gasteiger partial charge in [0.25, 0.3) is 0 Å². The summed E-state index contributed by atoms with van der Waals surface area (Å²) in [5.41, 5.74) is 8.38. The van der Waals surface area contributed by atoms with Crippen LogP contribution in [0.25, 0.3) is 0 Å². The van der Waals surface area contributed by atoms with Crippen molar-refractivity contribution in [3.05, 3.63) is 23.8 Å². The molecule has 3 nitrogen and oxygen atoms in total. The molecule has 1 heterocycles. The van der Waals surface area contributed by atoms with Gasteiger partial charge < -0.3 is 11.1 Å². The smallest absolute Gasteiger partial charge is 0.232 e. The molecule has 1 aromatic rings. The van der Waals surface area contributed by atoms with Crippen molar-refractivity contribution in [3.63, 3.8) is 0 Å². The maximum Gasteiger partial charge on any atom is 0.232 e. The van der Waals surface area contributed by atoms with Crippen molar-refractivity contribution in [2.45, 2.75) is 32.6 Å². The summed E-state index contributed by atoms with van der Waals surface area (Å²) < 4.78 is 0. The van der Waals surface area contributed by atoms with E-state index in [4.69, 9.17) is 5.73 Å². The first kappa shape index (κ1) is 11.0. The van der Waals surface area contributed by atoms with Crippen molar-refractivity contribution >= 4 is 17.3 Å². The maximum atomic E-state index is 11.8. The average molecular weight is 218 g/mol. The number of para-hydroxylation sites is 1. The molecule has 0 spiro atoms. The quantitative estimate of drug-likeness (QED) is 0.766. The van der Waals surface area contributed by atoms with Gasteiger partial charge in [-0.15, -0.1) is 0 Å². The third-order valence-electron chi connectivity index (χ3n) is 3.10. The third kappa shape index (κ3) is 1.90. The van der Waals surface area contributed by atoms with E-state index in [1.807, 2.05) is 18.2 Å². The zero-order chi connectivity index (χ0) is 11.7. The molecule has 2 rings (SSSR count). The second-order valence-corrected chi connectivity index (χ2v) is 4.82. The molecule has 1 atom stereocenters. The summed E-state index contributed by atoms with van der Waals surface area (Å²) in [5, 5.41) is 2.88. The third-order valence-corrected chi connectivity index (χ3v) is 3.10. The van der Waals surface area contributed by atoms with Gasteiger partial charge in [-0.25, -0.2) is 0 Å². The standard InChI is InChI=1S/C13H18N2O/c1-8(2)6-7-10-9-4-3-5-11(14)12(9)15-13(10)16/h3-5,8,10H,6-7,14H2,1-2H3,(H,15,16). The molecule has 0 aliphatic carbocycles. The molecule has 3 heteroatoms. The predicted octanol–water partition coefficient (Wildman–Crippen LogP) is 2.74. The Labute approximate surface area is 96.0 Å². The van der Waals surface area contributed by atoms with Crippen LogP contribution in [-0.2, 0) is 4.79 Å². The zero-order valence-electron chi connectivity index (χ0n) is 9.79. The highest BCUT2D eigenvalue weighted by molar-refractivity contribution is 6.05. The number of benzene rings is 1. The number of hydrogen-bond donors (Lipinski definition) is 2. The van der Waals surface area contributed by atoms with E-state index >= 15 is 0 Å². The largest absolute Gasteiger partial charge is 0.397 e. The van der Waals surface area contributed by atoms with E-state index in [0.29, 0.717) is 11.6 Å². The van der Waals surface area contributed by atoms with Crippen LogP contribution in [0.2, 0.25) is 0 Å². The van der Waals surface area contributed by atoms with Crippen LogP contribution in [0.3, 0.4) is 0 Å². The fraction of sp³-hybridized carbons (Fsp3) is 0.462. The number of fused-ring (bicyclic) bond motifs is 1. The number of nitrogen functional groups attached to an aromatic ring is 1. The second kappa shape index (κ2) is 4.16. The Bertz CT molecular complexity index is 412. The van der Waals surface area contributed by atoms with Crippen LogP contribution < -0.4 is 11.1 Å². The number of rotatable bonds is 3. The summed E-state index contributed by atoms with van der Waals surface area (Å²) in [6.07, 6.45) is 1.96. The topological polar surface area (TPSA) is 55.1 Å². The SMILES string of the molecule is CC(C)CCC1C(=O)Nc2c(N)cccc21. The van der Waals surface area contributed by atoms with Gasteiger partial charge in [-0.05, 0) is 30.4 Å². The lowest BCUT2D eigenvalue weighted by Crippen LogP contribution is -2.12. The van der Waals surface area contributed by atoms with Crippen LogP contribution >= 0.6 is 0 Å². The highest BCUT2D eigenvalue weighted by atomic mass is 16.2. The Hall–Kier alpha value is -1.51. The fourth-order valence-corrected chi connectivity index (χ4v) is 2.16. The molecular formula is C13H18N2O. The van der Waals surface area contributed by atoms with E-state index in [2.05, 4.69) is 19.2 Å². The van der Waals surface area contributed by atoms with Gasteiger partial charge in [-0.1, -0.05) is 26.0 Å². The number of nitrogens with two attached hydrogens (primary N) is 1. The molecule has 16 heavy (non-hydrogen) atoms. The van der Waals surface area contributed by atoms with Crippen LogP contribution in [0.4, 0.5) is 11.4 Å². The minimum Gasteiger partial charge on any atom is -0.397 e. The number of carbonyl (C=O) groups is 1. The van der Waals surface area contributed by atoms with Crippen LogP contribution in [0, 0.1) is 5.92 Å². The Morgan fingerprint density at radius 2 is 2.19 bits per heavy atom. The Morgan fingerprint density at radius 1 is 1.44 bits per heavy atom. The number of amides is 1. The van der Waals surface area contributed by atoms with Gasteiger partial charge in [0.2, 0.25) is 5.91 Å². The highest BCUT2D eigenvalue weighted by Gasteiger charge is 2.31. The van der Waals surface area contributed by atoms with Crippen molar-refractivity contribution in [1.82, 2.24) is 0 Å². The summed E-state index contributed by atoms with van der Waals surface area (Å²) in [4.78, 5) is 11.8. The van der Waals surface area contributed by atoms with Gasteiger partial charge >= 0.3 is 0 Å². The van der Waals surface area contributed by atoms with Gasteiger partial charge in [0.1, 0.15) is 0 Å². The first-order valence-corrected chi connectivity index (χ1v) is 5.79. The highest BCUT2D eigenvalue weighted by Crippen LogP contribution is 2.39. The molecule has 1 unspecified atom stereocenters. The summed E-state index contributed by atoms with van der Waals surface area (Å²) in [5.74, 6) is 0.701. The number of anilines is 2. The van der Waals surface area contributed by atoms with Crippen molar-refractivity contribution in [2.24, 2.45) is 5.92 Å². The van der Waals surface area contributed by atoms with Gasteiger partial charge in [-0.2, -0.15) is 0 Å². The molecule has 3 N–H and O–H groups in total. The van der Waals surface area contributed by atoms with E-state index in [0.717, 1.165) is 24.1 Å². The molecule has 1 aromatic carbocycles. The Balaban J connectivity index is 2.23. The number of carbonyl (C=O) groups excluding carboxylic acids is 1. The lowest BCUT2D eigenvalue weighted by atomic mass is 9.92. The zero-order valence-corrected chi connectivity index (χ0v) is 9.79. The molecule has 0 bridgehead atoms. The lowest BCUT2D eigenvalue weighted by molar-refractivity contribution is -0.117. The summed E-state index contributed by atoms with van der Waals surface area (Å²) in [6, 6.07) is 5.73. The molecule has 86 valence electrons. The average Bonchev–Trinajstić information content (AvgIpc) is 2.53. The maximum absolute atomic E-state index is 11.8. The van der Waals surface area contributed by atoms with Crippen molar-refractivity contribution in [2.75, 3.05) is 11.1 Å². The minimum atomic E-state index is -0.0131.